The van der Waals surface area contributed by atoms with Gasteiger partial charge in [0.1, 0.15) is 6.04 Å². The molecule has 3 heterocycles. The van der Waals surface area contributed by atoms with Gasteiger partial charge in [0.2, 0.25) is 15.9 Å². The number of piperazine rings is 1. The summed E-state index contributed by atoms with van der Waals surface area (Å²) in [6.07, 6.45) is 3.39. The van der Waals surface area contributed by atoms with Gasteiger partial charge in [-0.05, 0) is 48.4 Å². The van der Waals surface area contributed by atoms with Gasteiger partial charge in [0.05, 0.1) is 9.77 Å². The third-order valence-corrected chi connectivity index (χ3v) is 8.95. The standard InChI is InChI=1S/C23H29N3O4S2/c1-2-5-18-8-10-19(11-9-18)32(29,30)25-15-13-24(14-16-25)22(27)20-6-3-12-26(20)23(28)21-7-4-17-31-21/h4,7-11,17,20H,2-3,5-6,12-16H2,1H3/t20-/m1/s1. The minimum atomic E-state index is -3.58. The van der Waals surface area contributed by atoms with Crippen molar-refractivity contribution < 1.29 is 18.0 Å². The van der Waals surface area contributed by atoms with E-state index in [4.69, 9.17) is 0 Å². The van der Waals surface area contributed by atoms with E-state index in [1.54, 1.807) is 28.0 Å². The molecule has 9 heteroatoms. The minimum absolute atomic E-state index is 0.0756. The van der Waals surface area contributed by atoms with Gasteiger partial charge < -0.3 is 9.80 Å². The van der Waals surface area contributed by atoms with Crippen LogP contribution in [-0.4, -0.2) is 73.1 Å². The molecule has 2 aliphatic heterocycles. The highest BCUT2D eigenvalue weighted by Gasteiger charge is 2.39. The molecule has 0 spiro atoms. The molecule has 2 saturated heterocycles. The highest BCUT2D eigenvalue weighted by molar-refractivity contribution is 7.89. The maximum absolute atomic E-state index is 13.2. The Morgan fingerprint density at radius 1 is 1.03 bits per heavy atom. The molecule has 2 aliphatic rings. The Bertz CT molecular complexity index is 1040. The van der Waals surface area contributed by atoms with E-state index in [2.05, 4.69) is 6.92 Å². The van der Waals surface area contributed by atoms with Gasteiger partial charge in [-0.2, -0.15) is 4.31 Å². The molecule has 1 aromatic heterocycles. The fourth-order valence-corrected chi connectivity index (χ4v) is 6.53. The molecule has 0 aliphatic carbocycles. The number of likely N-dealkylation sites (tertiary alicyclic amines) is 1. The number of nitrogens with zero attached hydrogens (tertiary/aromatic N) is 3. The zero-order valence-corrected chi connectivity index (χ0v) is 19.9. The van der Waals surface area contributed by atoms with Gasteiger partial charge in [0, 0.05) is 32.7 Å². The summed E-state index contributed by atoms with van der Waals surface area (Å²) >= 11 is 1.38. The lowest BCUT2D eigenvalue weighted by molar-refractivity contribution is -0.136. The quantitative estimate of drug-likeness (QED) is 0.644. The molecule has 1 aromatic carbocycles. The topological polar surface area (TPSA) is 78.0 Å². The maximum atomic E-state index is 13.2. The molecule has 7 nitrogen and oxygen atoms in total. The van der Waals surface area contributed by atoms with Crippen LogP contribution < -0.4 is 0 Å². The number of carbonyl (C=O) groups excluding carboxylic acids is 2. The van der Waals surface area contributed by atoms with Crippen molar-refractivity contribution in [2.45, 2.75) is 43.5 Å². The number of carbonyl (C=O) groups is 2. The number of hydrogen-bond acceptors (Lipinski definition) is 5. The van der Waals surface area contributed by atoms with Gasteiger partial charge in [-0.1, -0.05) is 31.5 Å². The summed E-state index contributed by atoms with van der Waals surface area (Å²) in [7, 11) is -3.58. The molecule has 0 unspecified atom stereocenters. The zero-order chi connectivity index (χ0) is 22.7. The Kier molecular flexibility index (Phi) is 6.97. The highest BCUT2D eigenvalue weighted by atomic mass is 32.2. The Morgan fingerprint density at radius 3 is 2.38 bits per heavy atom. The molecule has 2 amide bonds. The fourth-order valence-electron chi connectivity index (χ4n) is 4.43. The largest absolute Gasteiger partial charge is 0.338 e. The summed E-state index contributed by atoms with van der Waals surface area (Å²) in [5, 5.41) is 1.86. The Morgan fingerprint density at radius 2 is 1.75 bits per heavy atom. The lowest BCUT2D eigenvalue weighted by atomic mass is 10.1. The summed E-state index contributed by atoms with van der Waals surface area (Å²) in [6.45, 7) is 3.86. The van der Waals surface area contributed by atoms with Crippen LogP contribution >= 0.6 is 11.3 Å². The van der Waals surface area contributed by atoms with Gasteiger partial charge in [-0.3, -0.25) is 9.59 Å². The van der Waals surface area contributed by atoms with Crippen LogP contribution in [-0.2, 0) is 21.2 Å². The van der Waals surface area contributed by atoms with E-state index >= 15 is 0 Å². The van der Waals surface area contributed by atoms with Crippen LogP contribution in [0.3, 0.4) is 0 Å². The lowest BCUT2D eigenvalue weighted by Crippen LogP contribution is -2.55. The SMILES string of the molecule is CCCc1ccc(S(=O)(=O)N2CCN(C(=O)[C@H]3CCCN3C(=O)c3cccs3)CC2)cc1. The summed E-state index contributed by atoms with van der Waals surface area (Å²) in [5.74, 6) is -0.169. The van der Waals surface area contributed by atoms with Crippen LogP contribution in [0, 0.1) is 0 Å². The van der Waals surface area contributed by atoms with E-state index in [9.17, 15) is 18.0 Å². The van der Waals surface area contributed by atoms with E-state index < -0.39 is 16.1 Å². The number of aryl methyl sites for hydroxylation is 1. The molecule has 4 rings (SSSR count). The van der Waals surface area contributed by atoms with Crippen LogP contribution in [0.2, 0.25) is 0 Å². The Balaban J connectivity index is 1.38. The van der Waals surface area contributed by atoms with Crippen molar-refractivity contribution in [2.24, 2.45) is 0 Å². The summed E-state index contributed by atoms with van der Waals surface area (Å²) in [5.41, 5.74) is 1.13. The van der Waals surface area contributed by atoms with E-state index in [0.29, 0.717) is 35.8 Å². The molecule has 0 radical (unpaired) electrons. The van der Waals surface area contributed by atoms with Gasteiger partial charge in [0.15, 0.2) is 0 Å². The average molecular weight is 476 g/mol. The third kappa shape index (κ3) is 4.60. The van der Waals surface area contributed by atoms with Crippen molar-refractivity contribution >= 4 is 33.2 Å². The first kappa shape index (κ1) is 22.9. The normalized spacial score (nSPS) is 20.0. The van der Waals surface area contributed by atoms with Crippen molar-refractivity contribution in [2.75, 3.05) is 32.7 Å². The van der Waals surface area contributed by atoms with Gasteiger partial charge in [-0.15, -0.1) is 11.3 Å². The molecule has 2 aromatic rings. The number of rotatable bonds is 6. The van der Waals surface area contributed by atoms with Crippen molar-refractivity contribution in [1.82, 2.24) is 14.1 Å². The van der Waals surface area contributed by atoms with Crippen LogP contribution in [0.15, 0.2) is 46.7 Å². The number of hydrogen-bond donors (Lipinski definition) is 0. The predicted molar refractivity (Wildman–Crippen MR) is 124 cm³/mol. The molecule has 0 bridgehead atoms. The third-order valence-electron chi connectivity index (χ3n) is 6.18. The summed E-state index contributed by atoms with van der Waals surface area (Å²) < 4.78 is 27.5. The lowest BCUT2D eigenvalue weighted by Gasteiger charge is -2.36. The van der Waals surface area contributed by atoms with Crippen LogP contribution in [0.5, 0.6) is 0 Å². The van der Waals surface area contributed by atoms with Crippen molar-refractivity contribution in [3.05, 3.63) is 52.2 Å². The molecule has 2 fully saturated rings. The molecule has 1 atom stereocenters. The van der Waals surface area contributed by atoms with Gasteiger partial charge in [0.25, 0.3) is 5.91 Å². The molecular formula is C23H29N3O4S2. The first-order valence-electron chi connectivity index (χ1n) is 11.1. The number of thiophene rings is 1. The van der Waals surface area contributed by atoms with E-state index in [0.717, 1.165) is 24.8 Å². The maximum Gasteiger partial charge on any atom is 0.264 e. The van der Waals surface area contributed by atoms with Crippen molar-refractivity contribution in [3.8, 4) is 0 Å². The molecule has 0 N–H and O–H groups in total. The second-order valence-electron chi connectivity index (χ2n) is 8.26. The number of amides is 2. The Hall–Kier alpha value is -2.23. The Labute approximate surface area is 193 Å². The van der Waals surface area contributed by atoms with Crippen LogP contribution in [0.25, 0.3) is 0 Å². The molecular weight excluding hydrogens is 446 g/mol. The van der Waals surface area contributed by atoms with Crippen molar-refractivity contribution in [3.63, 3.8) is 0 Å². The second kappa shape index (κ2) is 9.72. The predicted octanol–water partition coefficient (Wildman–Crippen LogP) is 2.84. The summed E-state index contributed by atoms with van der Waals surface area (Å²) in [4.78, 5) is 30.3. The molecule has 32 heavy (non-hydrogen) atoms. The average Bonchev–Trinajstić information content (AvgIpc) is 3.51. The van der Waals surface area contributed by atoms with E-state index in [1.807, 2.05) is 23.6 Å². The van der Waals surface area contributed by atoms with Gasteiger partial charge in [-0.25, -0.2) is 8.42 Å². The minimum Gasteiger partial charge on any atom is -0.338 e. The second-order valence-corrected chi connectivity index (χ2v) is 11.1. The summed E-state index contributed by atoms with van der Waals surface area (Å²) in [6, 6.07) is 10.2. The van der Waals surface area contributed by atoms with Crippen LogP contribution in [0.1, 0.15) is 41.4 Å². The zero-order valence-electron chi connectivity index (χ0n) is 18.3. The fraction of sp³-hybridized carbons (Fsp3) is 0.478. The van der Waals surface area contributed by atoms with E-state index in [1.165, 1.54) is 15.6 Å². The smallest absolute Gasteiger partial charge is 0.264 e. The van der Waals surface area contributed by atoms with Gasteiger partial charge >= 0.3 is 0 Å². The first-order valence-corrected chi connectivity index (χ1v) is 13.5. The van der Waals surface area contributed by atoms with E-state index in [-0.39, 0.29) is 24.9 Å². The molecule has 0 saturated carbocycles. The monoisotopic (exact) mass is 475 g/mol. The van der Waals surface area contributed by atoms with Crippen LogP contribution in [0.4, 0.5) is 0 Å². The first-order chi connectivity index (χ1) is 15.4. The number of benzene rings is 1. The molecule has 172 valence electrons. The van der Waals surface area contributed by atoms with Crippen molar-refractivity contribution in [1.29, 1.82) is 0 Å². The highest BCUT2D eigenvalue weighted by Crippen LogP contribution is 2.25. The number of sulfonamides is 1.